The lowest BCUT2D eigenvalue weighted by molar-refractivity contribution is 0.0976. The molecule has 0 aromatic heterocycles. The molecule has 0 heterocycles. The van der Waals surface area contributed by atoms with Crippen LogP contribution >= 0.6 is 0 Å². The van der Waals surface area contributed by atoms with Crippen LogP contribution in [0.1, 0.15) is 54.4 Å². The fourth-order valence-corrected chi connectivity index (χ4v) is 4.21. The number of hydrogen-bond donors (Lipinski definition) is 3. The number of hydrazine groups is 1. The molecular weight excluding hydrogens is 228 g/mol. The molecule has 3 N–H and O–H groups in total. The summed E-state index contributed by atoms with van der Waals surface area (Å²) < 4.78 is 2.43. The summed E-state index contributed by atoms with van der Waals surface area (Å²) in [6.45, 7) is 13.5. The van der Waals surface area contributed by atoms with Crippen LogP contribution in [0.3, 0.4) is 0 Å². The van der Waals surface area contributed by atoms with Crippen LogP contribution in [0.5, 0.6) is 0 Å². The minimum Gasteiger partial charge on any atom is -0.318 e. The summed E-state index contributed by atoms with van der Waals surface area (Å²) >= 11 is 0. The van der Waals surface area contributed by atoms with E-state index in [0.29, 0.717) is 0 Å². The van der Waals surface area contributed by atoms with Crippen molar-refractivity contribution in [3.05, 3.63) is 0 Å². The Labute approximate surface area is 109 Å². The first kappa shape index (κ1) is 17.1. The fraction of sp³-hybridized carbons (Fsp3) is 1.00. The van der Waals surface area contributed by atoms with E-state index in [9.17, 15) is 0 Å². The summed E-state index contributed by atoms with van der Waals surface area (Å²) in [6.07, 6.45) is 2.38. The Morgan fingerprint density at radius 1 is 1.00 bits per heavy atom. The number of nitrogens with one attached hydrogen (secondary N) is 3. The Morgan fingerprint density at radius 2 is 1.47 bits per heavy atom. The first-order valence-corrected chi connectivity index (χ1v) is 8.26. The maximum Gasteiger partial charge on any atom is 0.281 e. The predicted molar refractivity (Wildman–Crippen MR) is 79.0 cm³/mol. The molecule has 0 aliphatic carbocycles. The molecule has 0 amide bonds. The molecule has 17 heavy (non-hydrogen) atoms. The molecule has 0 aromatic carbocycles. The highest BCUT2D eigenvalue weighted by molar-refractivity contribution is 6.49. The average Bonchev–Trinajstić information content (AvgIpc) is 2.16. The summed E-state index contributed by atoms with van der Waals surface area (Å²) in [6, 6.07) is 0. The number of rotatable bonds is 7. The smallest absolute Gasteiger partial charge is 0.281 e. The second-order valence-electron chi connectivity index (χ2n) is 6.27. The van der Waals surface area contributed by atoms with Gasteiger partial charge in [0.1, 0.15) is 0 Å². The monoisotopic (exact) mass is 260 g/mol. The predicted octanol–water partition coefficient (Wildman–Crippen LogP) is 1.33. The molecule has 0 atom stereocenters. The highest BCUT2D eigenvalue weighted by Crippen LogP contribution is 2.20. The Hall–Kier alpha value is 0.0569. The summed E-state index contributed by atoms with van der Waals surface area (Å²) in [7, 11) is 2.73. The molecule has 0 rings (SSSR count). The topological polar surface area (TPSA) is 39.3 Å². The molecule has 0 saturated carbocycles. The summed E-state index contributed by atoms with van der Waals surface area (Å²) in [5.74, 6) is 0. The van der Waals surface area contributed by atoms with Crippen molar-refractivity contribution in [3.8, 4) is 0 Å². The largest absolute Gasteiger partial charge is 0.318 e. The molecule has 0 bridgehead atoms. The van der Waals surface area contributed by atoms with Crippen LogP contribution in [0.2, 0.25) is 0 Å². The van der Waals surface area contributed by atoms with Crippen molar-refractivity contribution in [2.24, 2.45) is 0 Å². The minimum atomic E-state index is -1.34. The van der Waals surface area contributed by atoms with Crippen molar-refractivity contribution < 1.29 is 0 Å². The van der Waals surface area contributed by atoms with Gasteiger partial charge in [-0.1, -0.05) is 13.3 Å². The van der Waals surface area contributed by atoms with Gasteiger partial charge >= 0.3 is 0 Å². The summed E-state index contributed by atoms with van der Waals surface area (Å²) in [5.41, 5.74) is 3.90. The highest BCUT2D eigenvalue weighted by atomic mass is 28.3. The van der Waals surface area contributed by atoms with Crippen molar-refractivity contribution in [2.45, 2.75) is 65.5 Å². The second kappa shape index (κ2) is 6.85. The van der Waals surface area contributed by atoms with E-state index in [1.54, 1.807) is 0 Å². The lowest BCUT2D eigenvalue weighted by Crippen LogP contribution is -2.71. The Bertz CT molecular complexity index is 209. The standard InChI is InChI=1S/C12H32N4Si/c1-9-10-12(5,6)16(15-11(2,3)4)17(13-7)14-8/h13-15,17H,9-10H2,1-8H3. The maximum atomic E-state index is 3.65. The van der Waals surface area contributed by atoms with Crippen molar-refractivity contribution in [1.82, 2.24) is 20.1 Å². The first-order valence-electron chi connectivity index (χ1n) is 6.59. The van der Waals surface area contributed by atoms with E-state index in [-0.39, 0.29) is 11.1 Å². The molecule has 0 aliphatic heterocycles. The van der Waals surface area contributed by atoms with Gasteiger partial charge in [0.25, 0.3) is 9.28 Å². The lowest BCUT2D eigenvalue weighted by atomic mass is 10.00. The van der Waals surface area contributed by atoms with Crippen molar-refractivity contribution >= 4 is 9.28 Å². The van der Waals surface area contributed by atoms with Crippen LogP contribution in [-0.4, -0.2) is 39.1 Å². The van der Waals surface area contributed by atoms with Gasteiger partial charge in [0, 0.05) is 11.1 Å². The van der Waals surface area contributed by atoms with E-state index in [1.165, 1.54) is 12.8 Å². The highest BCUT2D eigenvalue weighted by Gasteiger charge is 2.34. The minimum absolute atomic E-state index is 0.0873. The molecule has 0 spiro atoms. The summed E-state index contributed by atoms with van der Waals surface area (Å²) in [5, 5.41) is 0. The van der Waals surface area contributed by atoms with E-state index in [0.717, 1.165) is 0 Å². The average molecular weight is 261 g/mol. The van der Waals surface area contributed by atoms with Crippen LogP contribution in [0, 0.1) is 0 Å². The van der Waals surface area contributed by atoms with Crippen LogP contribution in [0.15, 0.2) is 0 Å². The van der Waals surface area contributed by atoms with Gasteiger partial charge in [-0.25, -0.2) is 4.67 Å². The molecule has 0 unspecified atom stereocenters. The van der Waals surface area contributed by atoms with E-state index in [4.69, 9.17) is 0 Å². The normalized spacial score (nSPS) is 13.8. The third-order valence-corrected chi connectivity index (χ3v) is 5.21. The van der Waals surface area contributed by atoms with Crippen molar-refractivity contribution in [3.63, 3.8) is 0 Å². The Morgan fingerprint density at radius 3 is 1.76 bits per heavy atom. The van der Waals surface area contributed by atoms with Crippen LogP contribution in [0.25, 0.3) is 0 Å². The van der Waals surface area contributed by atoms with Crippen LogP contribution in [-0.2, 0) is 0 Å². The van der Waals surface area contributed by atoms with E-state index in [1.807, 2.05) is 14.1 Å². The van der Waals surface area contributed by atoms with Crippen LogP contribution < -0.4 is 15.4 Å². The quantitative estimate of drug-likeness (QED) is 0.477. The SMILES string of the molecule is CCCC(C)(C)N(NC(C)(C)C)[SiH](NC)NC. The third kappa shape index (κ3) is 5.97. The van der Waals surface area contributed by atoms with Gasteiger partial charge in [0.05, 0.1) is 0 Å². The van der Waals surface area contributed by atoms with Crippen molar-refractivity contribution in [1.29, 1.82) is 0 Å². The van der Waals surface area contributed by atoms with Gasteiger partial charge in [-0.05, 0) is 55.1 Å². The zero-order valence-corrected chi connectivity index (χ0v) is 14.1. The molecule has 0 saturated heterocycles. The molecule has 0 aliphatic rings. The van der Waals surface area contributed by atoms with Gasteiger partial charge in [-0.3, -0.25) is 5.43 Å². The third-order valence-electron chi connectivity index (χ3n) is 2.77. The molecule has 0 radical (unpaired) electrons. The number of hydrogen-bond acceptors (Lipinski definition) is 4. The molecule has 5 heteroatoms. The van der Waals surface area contributed by atoms with Gasteiger partial charge in [0.2, 0.25) is 0 Å². The number of nitrogens with zero attached hydrogens (tertiary/aromatic N) is 1. The molecular formula is C12H32N4Si. The molecule has 4 nitrogen and oxygen atoms in total. The van der Waals surface area contributed by atoms with Gasteiger partial charge in [-0.15, -0.1) is 0 Å². The molecule has 0 aromatic rings. The first-order chi connectivity index (χ1) is 7.68. The Balaban J connectivity index is 4.95. The zero-order valence-electron chi connectivity index (χ0n) is 12.9. The van der Waals surface area contributed by atoms with Crippen molar-refractivity contribution in [2.75, 3.05) is 14.1 Å². The van der Waals surface area contributed by atoms with E-state index < -0.39 is 9.28 Å². The lowest BCUT2D eigenvalue weighted by Gasteiger charge is -2.46. The van der Waals surface area contributed by atoms with E-state index in [2.05, 4.69) is 61.6 Å². The fourth-order valence-electron chi connectivity index (χ4n) is 2.06. The van der Waals surface area contributed by atoms with E-state index >= 15 is 0 Å². The summed E-state index contributed by atoms with van der Waals surface area (Å²) in [4.78, 5) is 6.86. The van der Waals surface area contributed by atoms with Gasteiger partial charge in [0.15, 0.2) is 0 Å². The van der Waals surface area contributed by atoms with Gasteiger partial charge in [-0.2, -0.15) is 0 Å². The Kier molecular flexibility index (Phi) is 6.87. The van der Waals surface area contributed by atoms with Gasteiger partial charge < -0.3 is 9.96 Å². The molecule has 104 valence electrons. The zero-order chi connectivity index (χ0) is 13.7. The molecule has 0 fully saturated rings. The maximum absolute atomic E-state index is 3.65. The van der Waals surface area contributed by atoms with Crippen LogP contribution in [0.4, 0.5) is 0 Å². The second-order valence-corrected chi connectivity index (χ2v) is 8.75.